The summed E-state index contributed by atoms with van der Waals surface area (Å²) >= 11 is 3.56. The van der Waals surface area contributed by atoms with Crippen LogP contribution in [0.4, 0.5) is 0 Å². The molecule has 1 aliphatic carbocycles. The Labute approximate surface area is 131 Å². The molecule has 4 aliphatic rings. The fourth-order valence-electron chi connectivity index (χ4n) is 4.52. The van der Waals surface area contributed by atoms with E-state index < -0.39 is 0 Å². The van der Waals surface area contributed by atoms with Gasteiger partial charge in [0.1, 0.15) is 0 Å². The topological polar surface area (TPSA) is 41.9 Å². The molecule has 1 N–H and O–H groups in total. The number of halogens is 1. The van der Waals surface area contributed by atoms with Gasteiger partial charge in [-0.1, -0.05) is 22.0 Å². The molecule has 4 nitrogen and oxygen atoms in total. The molecule has 0 amide bonds. The van der Waals surface area contributed by atoms with Gasteiger partial charge < -0.3 is 14.6 Å². The van der Waals surface area contributed by atoms with Crippen molar-refractivity contribution in [1.82, 2.24) is 4.90 Å². The predicted octanol–water partition coefficient (Wildman–Crippen LogP) is 2.28. The van der Waals surface area contributed by atoms with Gasteiger partial charge in [-0.15, -0.1) is 0 Å². The van der Waals surface area contributed by atoms with Crippen LogP contribution in [0.1, 0.15) is 24.0 Å². The summed E-state index contributed by atoms with van der Waals surface area (Å²) < 4.78 is 12.0. The van der Waals surface area contributed by atoms with Gasteiger partial charge in [0, 0.05) is 29.0 Å². The highest BCUT2D eigenvalue weighted by Crippen LogP contribution is 2.54. The molecule has 1 unspecified atom stereocenters. The summed E-state index contributed by atoms with van der Waals surface area (Å²) in [6, 6.07) is 4.70. The summed E-state index contributed by atoms with van der Waals surface area (Å²) in [4.78, 5) is 2.50. The summed E-state index contributed by atoms with van der Waals surface area (Å²) in [5.41, 5.74) is 2.70. The third-order valence-electron chi connectivity index (χ3n) is 5.48. The first kappa shape index (κ1) is 12.5. The Bertz CT molecular complexity index is 674. The van der Waals surface area contributed by atoms with Crippen molar-refractivity contribution in [3.63, 3.8) is 0 Å². The lowest BCUT2D eigenvalue weighted by atomic mass is 9.66. The van der Waals surface area contributed by atoms with Gasteiger partial charge in [0.05, 0.1) is 6.10 Å². The molecule has 1 aromatic rings. The van der Waals surface area contributed by atoms with E-state index in [-0.39, 0.29) is 11.5 Å². The molecule has 0 aromatic heterocycles. The van der Waals surface area contributed by atoms with Crippen LogP contribution in [0.25, 0.3) is 0 Å². The van der Waals surface area contributed by atoms with Crippen molar-refractivity contribution in [3.05, 3.63) is 33.8 Å². The third-order valence-corrected chi connectivity index (χ3v) is 6.24. The van der Waals surface area contributed by atoms with Crippen LogP contribution in [-0.2, 0) is 12.0 Å². The molecule has 0 spiro atoms. The van der Waals surface area contributed by atoms with Crippen LogP contribution in [0.3, 0.4) is 0 Å². The first-order valence-electron chi connectivity index (χ1n) is 7.41. The first-order valence-corrected chi connectivity index (χ1v) is 8.20. The first-order chi connectivity index (χ1) is 10.2. The SMILES string of the molecule is O[C@H]1C[C@H]2N3CC[C@]2(C=C1Br)c1cc2c(cc1C3)OCO2. The average molecular weight is 350 g/mol. The van der Waals surface area contributed by atoms with Gasteiger partial charge in [-0.3, -0.25) is 4.90 Å². The van der Waals surface area contributed by atoms with Crippen molar-refractivity contribution in [3.8, 4) is 11.5 Å². The summed E-state index contributed by atoms with van der Waals surface area (Å²) in [5, 5.41) is 10.2. The normalized spacial score (nSPS) is 38.8. The Morgan fingerprint density at radius 2 is 2.10 bits per heavy atom. The van der Waals surface area contributed by atoms with E-state index in [0.717, 1.165) is 41.9 Å². The maximum atomic E-state index is 10.2. The predicted molar refractivity (Wildman–Crippen MR) is 80.7 cm³/mol. The Hall–Kier alpha value is -1.04. The Morgan fingerprint density at radius 3 is 2.95 bits per heavy atom. The van der Waals surface area contributed by atoms with Crippen LogP contribution < -0.4 is 9.47 Å². The molecule has 5 rings (SSSR count). The Morgan fingerprint density at radius 1 is 1.29 bits per heavy atom. The zero-order chi connectivity index (χ0) is 14.2. The van der Waals surface area contributed by atoms with Crippen LogP contribution in [0, 0.1) is 0 Å². The lowest BCUT2D eigenvalue weighted by Gasteiger charge is -2.46. The van der Waals surface area contributed by atoms with Gasteiger partial charge in [-0.2, -0.15) is 0 Å². The highest BCUT2D eigenvalue weighted by molar-refractivity contribution is 9.11. The molecule has 110 valence electrons. The van der Waals surface area contributed by atoms with E-state index in [0.29, 0.717) is 12.8 Å². The van der Waals surface area contributed by atoms with Crippen LogP contribution in [-0.4, -0.2) is 35.5 Å². The number of benzene rings is 1. The molecule has 1 fully saturated rings. The monoisotopic (exact) mass is 349 g/mol. The highest BCUT2D eigenvalue weighted by atomic mass is 79.9. The Kier molecular flexibility index (Phi) is 2.40. The van der Waals surface area contributed by atoms with Gasteiger partial charge in [0.2, 0.25) is 6.79 Å². The highest BCUT2D eigenvalue weighted by Gasteiger charge is 2.54. The third kappa shape index (κ3) is 1.52. The van der Waals surface area contributed by atoms with E-state index in [1.165, 1.54) is 11.1 Å². The van der Waals surface area contributed by atoms with E-state index in [2.05, 4.69) is 39.0 Å². The lowest BCUT2D eigenvalue weighted by Crippen LogP contribution is -2.49. The number of ether oxygens (including phenoxy) is 2. The Balaban J connectivity index is 1.75. The number of hydrogen-bond acceptors (Lipinski definition) is 4. The second-order valence-electron chi connectivity index (χ2n) is 6.42. The van der Waals surface area contributed by atoms with Gasteiger partial charge >= 0.3 is 0 Å². The minimum atomic E-state index is -0.376. The molecule has 0 radical (unpaired) electrons. The molecule has 1 saturated heterocycles. The average Bonchev–Trinajstić information content (AvgIpc) is 3.01. The molecule has 3 heterocycles. The molecule has 0 saturated carbocycles. The quantitative estimate of drug-likeness (QED) is 0.780. The van der Waals surface area contributed by atoms with Gasteiger partial charge in [0.25, 0.3) is 0 Å². The van der Waals surface area contributed by atoms with E-state index in [4.69, 9.17) is 9.47 Å². The fourth-order valence-corrected chi connectivity index (χ4v) is 5.11. The largest absolute Gasteiger partial charge is 0.454 e. The van der Waals surface area contributed by atoms with Gasteiger partial charge in [0.15, 0.2) is 11.5 Å². The maximum Gasteiger partial charge on any atom is 0.231 e. The van der Waals surface area contributed by atoms with E-state index >= 15 is 0 Å². The number of hydrogen-bond donors (Lipinski definition) is 1. The van der Waals surface area contributed by atoms with Crippen molar-refractivity contribution in [2.24, 2.45) is 0 Å². The summed E-state index contributed by atoms with van der Waals surface area (Å²) in [7, 11) is 0. The maximum absolute atomic E-state index is 10.2. The molecule has 5 heteroatoms. The molecular weight excluding hydrogens is 334 g/mol. The fraction of sp³-hybridized carbons (Fsp3) is 0.500. The number of nitrogens with zero attached hydrogens (tertiary/aromatic N) is 1. The van der Waals surface area contributed by atoms with Crippen LogP contribution in [0.5, 0.6) is 11.5 Å². The molecule has 1 aromatic carbocycles. The minimum absolute atomic E-state index is 0.00657. The van der Waals surface area contributed by atoms with E-state index in [1.54, 1.807) is 0 Å². The molecular formula is C16H16BrNO3. The molecule has 3 aliphatic heterocycles. The van der Waals surface area contributed by atoms with E-state index in [1.807, 2.05) is 0 Å². The van der Waals surface area contributed by atoms with Crippen molar-refractivity contribution in [2.45, 2.75) is 36.9 Å². The van der Waals surface area contributed by atoms with E-state index in [9.17, 15) is 5.11 Å². The van der Waals surface area contributed by atoms with Crippen molar-refractivity contribution in [1.29, 1.82) is 0 Å². The van der Waals surface area contributed by atoms with Gasteiger partial charge in [-0.25, -0.2) is 0 Å². The summed E-state index contributed by atoms with van der Waals surface area (Å²) in [6.07, 6.45) is 3.77. The molecule has 2 bridgehead atoms. The molecule has 21 heavy (non-hydrogen) atoms. The number of aliphatic hydroxyl groups excluding tert-OH is 1. The minimum Gasteiger partial charge on any atom is -0.454 e. The van der Waals surface area contributed by atoms with Crippen molar-refractivity contribution >= 4 is 15.9 Å². The summed E-state index contributed by atoms with van der Waals surface area (Å²) in [5.74, 6) is 1.72. The van der Waals surface area contributed by atoms with Crippen LogP contribution >= 0.6 is 15.9 Å². The van der Waals surface area contributed by atoms with Crippen molar-refractivity contribution in [2.75, 3.05) is 13.3 Å². The van der Waals surface area contributed by atoms with Crippen LogP contribution in [0.15, 0.2) is 22.7 Å². The number of fused-ring (bicyclic) bond motifs is 2. The number of rotatable bonds is 0. The number of aliphatic hydroxyl groups is 1. The zero-order valence-electron chi connectivity index (χ0n) is 11.5. The zero-order valence-corrected chi connectivity index (χ0v) is 13.1. The summed E-state index contributed by atoms with van der Waals surface area (Å²) in [6.45, 7) is 2.34. The van der Waals surface area contributed by atoms with Crippen molar-refractivity contribution < 1.29 is 14.6 Å². The lowest BCUT2D eigenvalue weighted by molar-refractivity contribution is 0.109. The van der Waals surface area contributed by atoms with Crippen LogP contribution in [0.2, 0.25) is 0 Å². The smallest absolute Gasteiger partial charge is 0.231 e. The second kappa shape index (κ2) is 4.03. The van der Waals surface area contributed by atoms with Gasteiger partial charge in [-0.05, 0) is 36.1 Å². The standard InChI is InChI=1S/C16H16BrNO3/c17-11-6-16-1-2-18(15(16)5-12(11)19)7-9-3-13-14(4-10(9)16)21-8-20-13/h3-4,6,12,15,19H,1-2,5,7-8H2/t12-,15+,16-/m0/s1. The second-order valence-corrected chi connectivity index (χ2v) is 7.34. The molecule has 4 atom stereocenters.